The van der Waals surface area contributed by atoms with Crippen LogP contribution in [0, 0.1) is 17.8 Å². The van der Waals surface area contributed by atoms with E-state index >= 15 is 0 Å². The largest absolute Gasteiger partial charge is 0.376 e. The van der Waals surface area contributed by atoms with Gasteiger partial charge in [-0.15, -0.1) is 0 Å². The highest BCUT2D eigenvalue weighted by molar-refractivity contribution is 4.91. The minimum Gasteiger partial charge on any atom is -0.376 e. The standard InChI is InChI=1S/C16H31NO/c1-4-13-7-6-8-14(11-13)15(17-5-2)16-12(3)9-10-18-16/h12-17H,4-11H2,1-3H3. The molecule has 0 radical (unpaired) electrons. The second kappa shape index (κ2) is 6.91. The molecule has 5 atom stereocenters. The van der Waals surface area contributed by atoms with Gasteiger partial charge in [-0.1, -0.05) is 40.0 Å². The van der Waals surface area contributed by atoms with Crippen LogP contribution in [-0.4, -0.2) is 25.3 Å². The smallest absolute Gasteiger partial charge is 0.0756 e. The molecule has 2 nitrogen and oxygen atoms in total. The highest BCUT2D eigenvalue weighted by Gasteiger charge is 2.37. The third-order valence-corrected chi connectivity index (χ3v) is 5.15. The Labute approximate surface area is 113 Å². The molecule has 1 saturated heterocycles. The minimum atomic E-state index is 0.463. The van der Waals surface area contributed by atoms with E-state index in [1.165, 1.54) is 38.5 Å². The molecule has 0 bridgehead atoms. The van der Waals surface area contributed by atoms with Crippen LogP contribution in [0.4, 0.5) is 0 Å². The van der Waals surface area contributed by atoms with Crippen molar-refractivity contribution in [1.29, 1.82) is 0 Å². The summed E-state index contributed by atoms with van der Waals surface area (Å²) in [6.07, 6.45) is 8.76. The van der Waals surface area contributed by atoms with E-state index in [0.29, 0.717) is 12.1 Å². The average molecular weight is 253 g/mol. The molecule has 0 spiro atoms. The summed E-state index contributed by atoms with van der Waals surface area (Å²) >= 11 is 0. The molecule has 2 rings (SSSR count). The molecular formula is C16H31NO. The number of nitrogens with one attached hydrogen (secondary N) is 1. The Balaban J connectivity index is 1.99. The van der Waals surface area contributed by atoms with Gasteiger partial charge in [-0.25, -0.2) is 0 Å². The SMILES string of the molecule is CCNC(C1CCCC(CC)C1)C1OCCC1C. The average Bonchev–Trinajstić information content (AvgIpc) is 2.82. The van der Waals surface area contributed by atoms with Crippen LogP contribution in [0.1, 0.15) is 59.3 Å². The number of hydrogen-bond donors (Lipinski definition) is 1. The summed E-state index contributed by atoms with van der Waals surface area (Å²) in [5.74, 6) is 2.53. The summed E-state index contributed by atoms with van der Waals surface area (Å²) < 4.78 is 6.04. The van der Waals surface area contributed by atoms with Gasteiger partial charge in [0.05, 0.1) is 6.10 Å². The van der Waals surface area contributed by atoms with E-state index < -0.39 is 0 Å². The molecular weight excluding hydrogens is 222 g/mol. The second-order valence-corrected chi connectivity index (χ2v) is 6.39. The van der Waals surface area contributed by atoms with E-state index in [0.717, 1.165) is 30.9 Å². The Kier molecular flexibility index (Phi) is 5.50. The van der Waals surface area contributed by atoms with E-state index in [2.05, 4.69) is 26.1 Å². The van der Waals surface area contributed by atoms with Crippen LogP contribution in [0.15, 0.2) is 0 Å². The lowest BCUT2D eigenvalue weighted by Gasteiger charge is -2.38. The maximum atomic E-state index is 6.04. The van der Waals surface area contributed by atoms with Gasteiger partial charge in [-0.2, -0.15) is 0 Å². The maximum absolute atomic E-state index is 6.04. The fraction of sp³-hybridized carbons (Fsp3) is 1.00. The lowest BCUT2D eigenvalue weighted by molar-refractivity contribution is 0.0282. The molecule has 1 heterocycles. The summed E-state index contributed by atoms with van der Waals surface area (Å²) in [6, 6.07) is 0.599. The van der Waals surface area contributed by atoms with Crippen molar-refractivity contribution in [3.63, 3.8) is 0 Å². The van der Waals surface area contributed by atoms with Crippen molar-refractivity contribution in [2.24, 2.45) is 17.8 Å². The van der Waals surface area contributed by atoms with Crippen molar-refractivity contribution in [2.75, 3.05) is 13.2 Å². The number of rotatable bonds is 5. The van der Waals surface area contributed by atoms with Crippen LogP contribution in [0.25, 0.3) is 0 Å². The predicted octanol–water partition coefficient (Wildman–Crippen LogP) is 3.61. The zero-order chi connectivity index (χ0) is 13.0. The van der Waals surface area contributed by atoms with Gasteiger partial charge < -0.3 is 10.1 Å². The third-order valence-electron chi connectivity index (χ3n) is 5.15. The van der Waals surface area contributed by atoms with Crippen LogP contribution < -0.4 is 5.32 Å². The zero-order valence-electron chi connectivity index (χ0n) is 12.5. The Morgan fingerprint density at radius 2 is 2.06 bits per heavy atom. The minimum absolute atomic E-state index is 0.463. The fourth-order valence-corrected chi connectivity index (χ4v) is 3.99. The molecule has 1 saturated carbocycles. The second-order valence-electron chi connectivity index (χ2n) is 6.39. The molecule has 106 valence electrons. The highest BCUT2D eigenvalue weighted by atomic mass is 16.5. The lowest BCUT2D eigenvalue weighted by atomic mass is 9.74. The maximum Gasteiger partial charge on any atom is 0.0756 e. The van der Waals surface area contributed by atoms with Gasteiger partial charge in [-0.3, -0.25) is 0 Å². The van der Waals surface area contributed by atoms with E-state index in [1.807, 2.05) is 0 Å². The Morgan fingerprint density at radius 3 is 2.67 bits per heavy atom. The van der Waals surface area contributed by atoms with E-state index in [4.69, 9.17) is 4.74 Å². The van der Waals surface area contributed by atoms with Crippen molar-refractivity contribution in [3.8, 4) is 0 Å². The summed E-state index contributed by atoms with van der Waals surface area (Å²) in [5, 5.41) is 3.74. The van der Waals surface area contributed by atoms with Gasteiger partial charge in [0.15, 0.2) is 0 Å². The first-order valence-electron chi connectivity index (χ1n) is 8.11. The van der Waals surface area contributed by atoms with Crippen LogP contribution in [0.2, 0.25) is 0 Å². The van der Waals surface area contributed by atoms with E-state index in [1.54, 1.807) is 0 Å². The monoisotopic (exact) mass is 253 g/mol. The van der Waals surface area contributed by atoms with Crippen molar-refractivity contribution >= 4 is 0 Å². The molecule has 18 heavy (non-hydrogen) atoms. The summed E-state index contributed by atoms with van der Waals surface area (Å²) in [4.78, 5) is 0. The molecule has 0 aromatic rings. The van der Waals surface area contributed by atoms with Crippen LogP contribution >= 0.6 is 0 Å². The van der Waals surface area contributed by atoms with Crippen LogP contribution in [0.5, 0.6) is 0 Å². The molecule has 1 aliphatic carbocycles. The fourth-order valence-electron chi connectivity index (χ4n) is 3.99. The summed E-state index contributed by atoms with van der Waals surface area (Å²) in [7, 11) is 0. The van der Waals surface area contributed by atoms with Crippen LogP contribution in [-0.2, 0) is 4.74 Å². The first-order chi connectivity index (χ1) is 8.76. The van der Waals surface area contributed by atoms with Crippen molar-refractivity contribution in [3.05, 3.63) is 0 Å². The first-order valence-corrected chi connectivity index (χ1v) is 8.11. The van der Waals surface area contributed by atoms with Gasteiger partial charge >= 0.3 is 0 Å². The topological polar surface area (TPSA) is 21.3 Å². The summed E-state index contributed by atoms with van der Waals surface area (Å²) in [5.41, 5.74) is 0. The Morgan fingerprint density at radius 1 is 1.22 bits per heavy atom. The molecule has 2 aliphatic rings. The zero-order valence-corrected chi connectivity index (χ0v) is 12.5. The Bertz CT molecular complexity index is 243. The number of ether oxygens (including phenoxy) is 1. The highest BCUT2D eigenvalue weighted by Crippen LogP contribution is 2.37. The van der Waals surface area contributed by atoms with Gasteiger partial charge in [0.25, 0.3) is 0 Å². The molecule has 1 N–H and O–H groups in total. The van der Waals surface area contributed by atoms with E-state index in [-0.39, 0.29) is 0 Å². The van der Waals surface area contributed by atoms with Crippen molar-refractivity contribution in [1.82, 2.24) is 5.32 Å². The summed E-state index contributed by atoms with van der Waals surface area (Å²) in [6.45, 7) is 8.99. The van der Waals surface area contributed by atoms with Gasteiger partial charge in [0.2, 0.25) is 0 Å². The predicted molar refractivity (Wildman–Crippen MR) is 76.7 cm³/mol. The molecule has 0 aromatic carbocycles. The molecule has 2 fully saturated rings. The quantitative estimate of drug-likeness (QED) is 0.808. The van der Waals surface area contributed by atoms with Gasteiger partial charge in [0.1, 0.15) is 0 Å². The Hall–Kier alpha value is -0.0800. The lowest BCUT2D eigenvalue weighted by Crippen LogP contribution is -2.48. The number of likely N-dealkylation sites (N-methyl/N-ethyl adjacent to an activating group) is 1. The van der Waals surface area contributed by atoms with Gasteiger partial charge in [0, 0.05) is 12.6 Å². The van der Waals surface area contributed by atoms with E-state index in [9.17, 15) is 0 Å². The molecule has 0 amide bonds. The third kappa shape index (κ3) is 3.27. The van der Waals surface area contributed by atoms with Crippen molar-refractivity contribution < 1.29 is 4.74 Å². The van der Waals surface area contributed by atoms with Crippen LogP contribution in [0.3, 0.4) is 0 Å². The normalized spacial score (nSPS) is 38.8. The molecule has 1 aliphatic heterocycles. The number of hydrogen-bond acceptors (Lipinski definition) is 2. The first kappa shape index (κ1) is 14.3. The molecule has 0 aromatic heterocycles. The van der Waals surface area contributed by atoms with Gasteiger partial charge in [-0.05, 0) is 43.6 Å². The molecule has 5 unspecified atom stereocenters. The van der Waals surface area contributed by atoms with Crippen molar-refractivity contribution in [2.45, 2.75) is 71.4 Å². The molecule has 2 heteroatoms.